The zero-order valence-corrected chi connectivity index (χ0v) is 18.6. The fourth-order valence-corrected chi connectivity index (χ4v) is 6.16. The van der Waals surface area contributed by atoms with Crippen LogP contribution in [0.3, 0.4) is 0 Å². The lowest BCUT2D eigenvalue weighted by Crippen LogP contribution is -1.95. The molecule has 2 aromatic carbocycles. The molecule has 140 valence electrons. The Bertz CT molecular complexity index is 1110. The van der Waals surface area contributed by atoms with Crippen LogP contribution in [0.4, 0.5) is 0 Å². The lowest BCUT2D eigenvalue weighted by atomic mass is 9.93. The molecule has 0 saturated heterocycles. The van der Waals surface area contributed by atoms with E-state index < -0.39 is 0 Å². The summed E-state index contributed by atoms with van der Waals surface area (Å²) in [5.41, 5.74) is 4.34. The monoisotopic (exact) mass is 392 g/mol. The third-order valence-corrected chi connectivity index (χ3v) is 7.84. The first-order valence-corrected chi connectivity index (χ1v) is 11.7. The van der Waals surface area contributed by atoms with Crippen LogP contribution in [0.1, 0.15) is 47.4 Å². The summed E-state index contributed by atoms with van der Waals surface area (Å²) in [6.07, 6.45) is 3.52. The molecular weight excluding hydrogens is 364 g/mol. The van der Waals surface area contributed by atoms with Gasteiger partial charge in [-0.2, -0.15) is 0 Å². The number of hydrogen-bond donors (Lipinski definition) is 0. The smallest absolute Gasteiger partial charge is 0.0352 e. The lowest BCUT2D eigenvalue weighted by Gasteiger charge is -2.11. The van der Waals surface area contributed by atoms with Crippen LogP contribution in [0.5, 0.6) is 0 Å². The molecule has 4 rings (SSSR count). The van der Waals surface area contributed by atoms with Crippen molar-refractivity contribution in [3.8, 4) is 11.1 Å². The van der Waals surface area contributed by atoms with Gasteiger partial charge in [0.05, 0.1) is 0 Å². The van der Waals surface area contributed by atoms with Crippen molar-refractivity contribution >= 4 is 43.5 Å². The Labute approximate surface area is 170 Å². The molecule has 0 nitrogen and oxygen atoms in total. The summed E-state index contributed by atoms with van der Waals surface area (Å²) >= 11 is 3.88. The Morgan fingerprint density at radius 3 is 2.44 bits per heavy atom. The van der Waals surface area contributed by atoms with Gasteiger partial charge < -0.3 is 0 Å². The number of benzene rings is 2. The summed E-state index contributed by atoms with van der Waals surface area (Å²) in [5.74, 6) is 0.758. The number of rotatable bonds is 5. The maximum atomic E-state index is 2.46. The average molecular weight is 393 g/mol. The standard InChI is InChI=1S/C25H28S2/c1-6-15(3)10-20-14-21(17(5)27-20)22-13-19-8-9-25-24(11-16(4)26-25)23(19)12-18(22)7-2/h8-9,11-15H,6-7,10H2,1-5H3. The van der Waals surface area contributed by atoms with Crippen LogP contribution >= 0.6 is 22.7 Å². The minimum Gasteiger partial charge on any atom is -0.145 e. The summed E-state index contributed by atoms with van der Waals surface area (Å²) < 4.78 is 1.40. The van der Waals surface area contributed by atoms with Gasteiger partial charge in [-0.05, 0) is 90.4 Å². The summed E-state index contributed by atoms with van der Waals surface area (Å²) in [6.45, 7) is 11.4. The Morgan fingerprint density at radius 2 is 1.70 bits per heavy atom. The van der Waals surface area contributed by atoms with E-state index in [9.17, 15) is 0 Å². The minimum absolute atomic E-state index is 0.758. The summed E-state index contributed by atoms with van der Waals surface area (Å²) in [4.78, 5) is 4.38. The quantitative estimate of drug-likeness (QED) is 0.319. The van der Waals surface area contributed by atoms with Gasteiger partial charge in [0.25, 0.3) is 0 Å². The predicted molar refractivity (Wildman–Crippen MR) is 125 cm³/mol. The topological polar surface area (TPSA) is 0 Å². The van der Waals surface area contributed by atoms with Gasteiger partial charge in [-0.15, -0.1) is 22.7 Å². The van der Waals surface area contributed by atoms with Gasteiger partial charge in [0.1, 0.15) is 0 Å². The highest BCUT2D eigenvalue weighted by Crippen LogP contribution is 2.39. The highest BCUT2D eigenvalue weighted by atomic mass is 32.1. The van der Waals surface area contributed by atoms with Crippen molar-refractivity contribution in [1.82, 2.24) is 0 Å². The van der Waals surface area contributed by atoms with Crippen molar-refractivity contribution in [3.63, 3.8) is 0 Å². The zero-order valence-electron chi connectivity index (χ0n) is 17.0. The van der Waals surface area contributed by atoms with Crippen LogP contribution in [0.15, 0.2) is 36.4 Å². The first kappa shape index (κ1) is 18.7. The van der Waals surface area contributed by atoms with E-state index in [2.05, 4.69) is 71.0 Å². The van der Waals surface area contributed by atoms with Gasteiger partial charge in [0.15, 0.2) is 0 Å². The third kappa shape index (κ3) is 3.46. The molecule has 2 heterocycles. The van der Waals surface area contributed by atoms with Gasteiger partial charge in [-0.25, -0.2) is 0 Å². The highest BCUT2D eigenvalue weighted by molar-refractivity contribution is 7.19. The molecule has 0 amide bonds. The molecule has 0 fully saturated rings. The van der Waals surface area contributed by atoms with E-state index in [4.69, 9.17) is 0 Å². The molecule has 2 heteroatoms. The second-order valence-corrected chi connectivity index (χ2v) is 10.4. The molecule has 4 aromatic rings. The Balaban J connectivity index is 1.87. The first-order valence-electron chi connectivity index (χ1n) is 10.1. The molecule has 0 aliphatic carbocycles. The molecule has 27 heavy (non-hydrogen) atoms. The number of thiophene rings is 2. The molecule has 0 spiro atoms. The van der Waals surface area contributed by atoms with Crippen LogP contribution < -0.4 is 0 Å². The largest absolute Gasteiger partial charge is 0.145 e. The number of aryl methyl sites for hydroxylation is 3. The van der Waals surface area contributed by atoms with Crippen LogP contribution in [-0.2, 0) is 12.8 Å². The van der Waals surface area contributed by atoms with Crippen LogP contribution in [0, 0.1) is 19.8 Å². The van der Waals surface area contributed by atoms with Crippen LogP contribution in [0.2, 0.25) is 0 Å². The third-order valence-electron chi connectivity index (χ3n) is 5.75. The van der Waals surface area contributed by atoms with Gasteiger partial charge in [-0.1, -0.05) is 33.3 Å². The highest BCUT2D eigenvalue weighted by Gasteiger charge is 2.15. The summed E-state index contributed by atoms with van der Waals surface area (Å²) in [5, 5.41) is 4.18. The lowest BCUT2D eigenvalue weighted by molar-refractivity contribution is 0.565. The zero-order chi connectivity index (χ0) is 19.1. The van der Waals surface area contributed by atoms with E-state index >= 15 is 0 Å². The maximum Gasteiger partial charge on any atom is 0.0352 e. The van der Waals surface area contributed by atoms with Gasteiger partial charge in [0, 0.05) is 24.7 Å². The Morgan fingerprint density at radius 1 is 0.889 bits per heavy atom. The van der Waals surface area contributed by atoms with E-state index in [0.717, 1.165) is 12.3 Å². The number of fused-ring (bicyclic) bond motifs is 3. The second-order valence-electron chi connectivity index (χ2n) is 7.82. The first-order chi connectivity index (χ1) is 13.0. The van der Waals surface area contributed by atoms with Gasteiger partial charge in [-0.3, -0.25) is 0 Å². The van der Waals surface area contributed by atoms with E-state index in [0.29, 0.717) is 0 Å². The van der Waals surface area contributed by atoms with E-state index in [1.54, 1.807) is 0 Å². The Kier molecular flexibility index (Phi) is 5.13. The molecule has 1 unspecified atom stereocenters. The summed E-state index contributed by atoms with van der Waals surface area (Å²) in [6, 6.07) is 14.3. The summed E-state index contributed by atoms with van der Waals surface area (Å²) in [7, 11) is 0. The van der Waals surface area contributed by atoms with E-state index in [1.165, 1.54) is 65.0 Å². The SMILES string of the molecule is CCc1cc2c(ccc3sc(C)cc32)cc1-c1cc(CC(C)CC)sc1C. The predicted octanol–water partition coefficient (Wildman–Crippen LogP) is 8.55. The second kappa shape index (κ2) is 7.41. The number of hydrogen-bond acceptors (Lipinski definition) is 2. The molecule has 0 radical (unpaired) electrons. The maximum absolute atomic E-state index is 2.46. The van der Waals surface area contributed by atoms with Crippen LogP contribution in [-0.4, -0.2) is 0 Å². The molecule has 0 aliphatic rings. The van der Waals surface area contributed by atoms with Crippen molar-refractivity contribution in [2.45, 2.75) is 53.9 Å². The van der Waals surface area contributed by atoms with Crippen molar-refractivity contribution in [3.05, 3.63) is 56.6 Å². The van der Waals surface area contributed by atoms with Crippen molar-refractivity contribution in [1.29, 1.82) is 0 Å². The average Bonchev–Trinajstić information content (AvgIpc) is 3.21. The van der Waals surface area contributed by atoms with E-state index in [-0.39, 0.29) is 0 Å². The molecule has 0 N–H and O–H groups in total. The molecule has 0 saturated carbocycles. The van der Waals surface area contributed by atoms with E-state index in [1.807, 2.05) is 22.7 Å². The van der Waals surface area contributed by atoms with Crippen molar-refractivity contribution in [2.75, 3.05) is 0 Å². The molecule has 2 aromatic heterocycles. The minimum atomic E-state index is 0.758. The Hall–Kier alpha value is -1.64. The molecular formula is C25H28S2. The van der Waals surface area contributed by atoms with Gasteiger partial charge >= 0.3 is 0 Å². The molecule has 0 bridgehead atoms. The van der Waals surface area contributed by atoms with Gasteiger partial charge in [0.2, 0.25) is 0 Å². The fraction of sp³-hybridized carbons (Fsp3) is 0.360. The molecule has 0 aliphatic heterocycles. The van der Waals surface area contributed by atoms with Crippen LogP contribution in [0.25, 0.3) is 32.0 Å². The normalized spacial score (nSPS) is 12.9. The van der Waals surface area contributed by atoms with Crippen molar-refractivity contribution in [2.24, 2.45) is 5.92 Å². The molecule has 1 atom stereocenters. The van der Waals surface area contributed by atoms with Crippen molar-refractivity contribution < 1.29 is 0 Å². The fourth-order valence-electron chi connectivity index (χ4n) is 4.01.